The first-order valence-electron chi connectivity index (χ1n) is 3.26. The highest BCUT2D eigenvalue weighted by Crippen LogP contribution is 2.09. The molecule has 0 saturated carbocycles. The van der Waals surface area contributed by atoms with Crippen LogP contribution in [0.25, 0.3) is 0 Å². The zero-order valence-electron chi connectivity index (χ0n) is 6.14. The van der Waals surface area contributed by atoms with Gasteiger partial charge in [0.2, 0.25) is 6.54 Å². The first kappa shape index (κ1) is 8.80. The summed E-state index contributed by atoms with van der Waals surface area (Å²) in [7, 11) is 0. The molecule has 1 rings (SSSR count). The highest BCUT2D eigenvalue weighted by molar-refractivity contribution is 6.30. The fourth-order valence-electron chi connectivity index (χ4n) is 0.778. The van der Waals surface area contributed by atoms with E-state index in [0.29, 0.717) is 5.02 Å². The van der Waals surface area contributed by atoms with Crippen LogP contribution in [0, 0.1) is 5.21 Å². The molecule has 1 N–H and O–H groups in total. The van der Waals surface area contributed by atoms with E-state index in [1.54, 1.807) is 24.3 Å². The molecule has 0 spiro atoms. The predicted molar refractivity (Wildman–Crippen MR) is 43.0 cm³/mol. The zero-order valence-corrected chi connectivity index (χ0v) is 6.90. The van der Waals surface area contributed by atoms with E-state index in [1.165, 1.54) is 0 Å². The summed E-state index contributed by atoms with van der Waals surface area (Å²) in [6.07, 6.45) is 0. The highest BCUT2D eigenvalue weighted by Gasteiger charge is 1.98. The zero-order chi connectivity index (χ0) is 8.97. The van der Waals surface area contributed by atoms with Gasteiger partial charge in [-0.3, -0.25) is 0 Å². The van der Waals surface area contributed by atoms with Gasteiger partial charge in [0.1, 0.15) is 0 Å². The van der Waals surface area contributed by atoms with Crippen LogP contribution in [0.15, 0.2) is 29.5 Å². The smallest absolute Gasteiger partial charge is 0.209 e. The van der Waals surface area contributed by atoms with Crippen molar-refractivity contribution < 1.29 is 10.1 Å². The lowest BCUT2D eigenvalue weighted by Gasteiger charge is -1.97. The Kier molecular flexibility index (Phi) is 2.88. The van der Waals surface area contributed by atoms with Crippen LogP contribution in [0.5, 0.6) is 0 Å². The van der Waals surface area contributed by atoms with Crippen molar-refractivity contribution in [1.29, 1.82) is 0 Å². The lowest BCUT2D eigenvalue weighted by molar-refractivity contribution is -0.570. The van der Waals surface area contributed by atoms with Crippen LogP contribution in [0.3, 0.4) is 0 Å². The minimum Gasteiger partial charge on any atom is -0.597 e. The third-order valence-electron chi connectivity index (χ3n) is 1.33. The average Bonchev–Trinajstić information content (AvgIpc) is 2.09. The molecule has 1 aromatic rings. The van der Waals surface area contributed by atoms with E-state index in [0.717, 1.165) is 5.56 Å². The number of hydrogen-bond donors (Lipinski definition) is 1. The molecular weight excluding hydrogens is 180 g/mol. The Balaban J connectivity index is 2.71. The molecule has 0 unspecified atom stereocenters. The van der Waals surface area contributed by atoms with Gasteiger partial charge >= 0.3 is 0 Å². The Morgan fingerprint density at radius 1 is 1.42 bits per heavy atom. The molecule has 1 aromatic carbocycles. The SMILES string of the molecule is [O-]/[N+](Cc1ccc(Cl)cc1)=N/O. The van der Waals surface area contributed by atoms with E-state index in [2.05, 4.69) is 5.28 Å². The Morgan fingerprint density at radius 2 is 2.00 bits per heavy atom. The fourth-order valence-corrected chi connectivity index (χ4v) is 0.904. The van der Waals surface area contributed by atoms with Gasteiger partial charge in [-0.15, -0.1) is 0 Å². The van der Waals surface area contributed by atoms with Gasteiger partial charge in [0.15, 0.2) is 5.28 Å². The number of hydroxylamine groups is 1. The minimum atomic E-state index is 0.0215. The normalized spacial score (nSPS) is 11.6. The number of rotatable bonds is 2. The molecule has 0 aliphatic carbocycles. The van der Waals surface area contributed by atoms with Gasteiger partial charge in [0, 0.05) is 10.6 Å². The first-order chi connectivity index (χ1) is 5.72. The van der Waals surface area contributed by atoms with Crippen molar-refractivity contribution in [3.05, 3.63) is 40.1 Å². The second kappa shape index (κ2) is 3.92. The van der Waals surface area contributed by atoms with E-state index in [1.807, 2.05) is 0 Å². The van der Waals surface area contributed by atoms with Crippen molar-refractivity contribution in [1.82, 2.24) is 0 Å². The summed E-state index contributed by atoms with van der Waals surface area (Å²) in [6, 6.07) is 6.72. The lowest BCUT2D eigenvalue weighted by Crippen LogP contribution is -1.99. The molecule has 0 amide bonds. The van der Waals surface area contributed by atoms with E-state index < -0.39 is 0 Å². The third-order valence-corrected chi connectivity index (χ3v) is 1.58. The average molecular weight is 187 g/mol. The van der Waals surface area contributed by atoms with Crippen molar-refractivity contribution in [3.63, 3.8) is 0 Å². The summed E-state index contributed by atoms with van der Waals surface area (Å²) in [5.41, 5.74) is 0.743. The van der Waals surface area contributed by atoms with Crippen molar-refractivity contribution in [2.75, 3.05) is 0 Å². The molecule has 0 atom stereocenters. The molecule has 4 nitrogen and oxygen atoms in total. The number of nitrogens with zero attached hydrogens (tertiary/aromatic N) is 2. The van der Waals surface area contributed by atoms with Crippen LogP contribution in [-0.2, 0) is 6.54 Å². The molecule has 5 heteroatoms. The Labute approximate surface area is 74.3 Å². The van der Waals surface area contributed by atoms with Gasteiger partial charge < -0.3 is 10.4 Å². The summed E-state index contributed by atoms with van der Waals surface area (Å²) in [6.45, 7) is 0.0215. The standard InChI is InChI=1S/C7H7ClN2O2/c8-7-3-1-6(2-4-7)5-10(12)9-11/h1-4,11H,5H2/b10-9+. The number of benzene rings is 1. The van der Waals surface area contributed by atoms with Gasteiger partial charge in [-0.1, -0.05) is 28.6 Å². The van der Waals surface area contributed by atoms with Crippen LogP contribution < -0.4 is 0 Å². The maximum atomic E-state index is 10.5. The summed E-state index contributed by atoms with van der Waals surface area (Å²) in [4.78, 5) is 0.184. The van der Waals surface area contributed by atoms with E-state index >= 15 is 0 Å². The van der Waals surface area contributed by atoms with Gasteiger partial charge in [-0.05, 0) is 12.1 Å². The first-order valence-corrected chi connectivity index (χ1v) is 3.64. The maximum absolute atomic E-state index is 10.5. The molecule has 0 saturated heterocycles. The number of hydrogen-bond acceptors (Lipinski definition) is 2. The van der Waals surface area contributed by atoms with E-state index in [4.69, 9.17) is 16.8 Å². The predicted octanol–water partition coefficient (Wildman–Crippen LogP) is 2.19. The number of halogens is 1. The summed E-state index contributed by atoms with van der Waals surface area (Å²) in [5.74, 6) is 0. The topological polar surface area (TPSA) is 58.7 Å². The monoisotopic (exact) mass is 186 g/mol. The summed E-state index contributed by atoms with van der Waals surface area (Å²) < 4.78 is 0. The van der Waals surface area contributed by atoms with Gasteiger partial charge in [0.05, 0.1) is 0 Å². The molecule has 0 bridgehead atoms. The summed E-state index contributed by atoms with van der Waals surface area (Å²) in [5, 5.41) is 21.7. The summed E-state index contributed by atoms with van der Waals surface area (Å²) >= 11 is 5.62. The van der Waals surface area contributed by atoms with Gasteiger partial charge in [0.25, 0.3) is 0 Å². The molecule has 0 aliphatic heterocycles. The quantitative estimate of drug-likeness (QED) is 0.437. The molecule has 0 aromatic heterocycles. The second-order valence-corrected chi connectivity index (χ2v) is 2.66. The van der Waals surface area contributed by atoms with E-state index in [9.17, 15) is 5.21 Å². The van der Waals surface area contributed by atoms with Crippen LogP contribution >= 0.6 is 11.6 Å². The molecule has 0 aliphatic rings. The molecule has 0 radical (unpaired) electrons. The van der Waals surface area contributed by atoms with Gasteiger partial charge in [-0.25, -0.2) is 0 Å². The Bertz CT molecular complexity index is 284. The van der Waals surface area contributed by atoms with E-state index in [-0.39, 0.29) is 11.4 Å². The Hall–Kier alpha value is -1.29. The maximum Gasteiger partial charge on any atom is 0.209 e. The van der Waals surface area contributed by atoms with Crippen LogP contribution in [0.4, 0.5) is 0 Å². The highest BCUT2D eigenvalue weighted by atomic mass is 35.5. The second-order valence-electron chi connectivity index (χ2n) is 2.23. The molecule has 12 heavy (non-hydrogen) atoms. The molecule has 0 heterocycles. The lowest BCUT2D eigenvalue weighted by atomic mass is 10.2. The third kappa shape index (κ3) is 2.39. The fraction of sp³-hybridized carbons (Fsp3) is 0.143. The van der Waals surface area contributed by atoms with Crippen molar-refractivity contribution >= 4 is 11.6 Å². The van der Waals surface area contributed by atoms with Gasteiger partial charge in [-0.2, -0.15) is 0 Å². The largest absolute Gasteiger partial charge is 0.597 e. The van der Waals surface area contributed by atoms with Crippen molar-refractivity contribution in [3.8, 4) is 0 Å². The van der Waals surface area contributed by atoms with Crippen LogP contribution in [0.1, 0.15) is 5.56 Å². The van der Waals surface area contributed by atoms with Crippen molar-refractivity contribution in [2.45, 2.75) is 6.54 Å². The van der Waals surface area contributed by atoms with Crippen LogP contribution in [0.2, 0.25) is 5.02 Å². The van der Waals surface area contributed by atoms with Crippen LogP contribution in [-0.4, -0.2) is 10.1 Å². The molecule has 0 fully saturated rings. The molecular formula is C7H7ClN2O2. The minimum absolute atomic E-state index is 0.0215. The van der Waals surface area contributed by atoms with Crippen molar-refractivity contribution in [2.24, 2.45) is 5.28 Å². The Morgan fingerprint density at radius 3 is 2.50 bits per heavy atom. The molecule has 64 valence electrons.